The Balaban J connectivity index is 1.46. The summed E-state index contributed by atoms with van der Waals surface area (Å²) < 4.78 is 2.37. The van der Waals surface area contributed by atoms with Crippen molar-refractivity contribution >= 4 is 11.2 Å². The second kappa shape index (κ2) is 7.58. The van der Waals surface area contributed by atoms with Gasteiger partial charge in [-0.15, -0.1) is 10.2 Å². The average Bonchev–Trinajstić information content (AvgIpc) is 3.57. The Bertz CT molecular complexity index is 1480. The number of hydrogen-bond donors (Lipinski definition) is 1. The zero-order chi connectivity index (χ0) is 22.5. The maximum Gasteiger partial charge on any atom is 0.205 e. The van der Waals surface area contributed by atoms with Crippen LogP contribution in [0.2, 0.25) is 0 Å². The van der Waals surface area contributed by atoms with Crippen LogP contribution in [0, 0.1) is 13.8 Å². The van der Waals surface area contributed by atoms with E-state index in [1.807, 2.05) is 12.3 Å². The van der Waals surface area contributed by atoms with Gasteiger partial charge in [0.25, 0.3) is 0 Å². The van der Waals surface area contributed by atoms with Crippen LogP contribution in [0.3, 0.4) is 0 Å². The molecule has 8 nitrogen and oxygen atoms in total. The summed E-state index contributed by atoms with van der Waals surface area (Å²) in [5, 5.41) is 14.6. The predicted molar refractivity (Wildman–Crippen MR) is 126 cm³/mol. The minimum Gasteiger partial charge on any atom is -0.305 e. The summed E-state index contributed by atoms with van der Waals surface area (Å²) in [7, 11) is 0. The van der Waals surface area contributed by atoms with E-state index in [1.165, 1.54) is 16.7 Å². The number of imidazole rings is 1. The molecule has 0 fully saturated rings. The fourth-order valence-corrected chi connectivity index (χ4v) is 5.12. The van der Waals surface area contributed by atoms with Crippen molar-refractivity contribution in [1.82, 2.24) is 40.1 Å². The van der Waals surface area contributed by atoms with Crippen molar-refractivity contribution in [2.24, 2.45) is 0 Å². The third-order valence-electron chi connectivity index (χ3n) is 6.58. The van der Waals surface area contributed by atoms with Gasteiger partial charge in [-0.1, -0.05) is 25.1 Å². The zero-order valence-electron chi connectivity index (χ0n) is 18.9. The molecule has 1 aliphatic carbocycles. The van der Waals surface area contributed by atoms with Gasteiger partial charge in [0, 0.05) is 35.6 Å². The summed E-state index contributed by atoms with van der Waals surface area (Å²) in [4.78, 5) is 14.2. The first-order valence-corrected chi connectivity index (χ1v) is 11.3. The molecule has 0 saturated carbocycles. The van der Waals surface area contributed by atoms with Crippen molar-refractivity contribution in [3.05, 3.63) is 70.9 Å². The highest BCUT2D eigenvalue weighted by Gasteiger charge is 2.29. The molecule has 0 bridgehead atoms. The lowest BCUT2D eigenvalue weighted by molar-refractivity contribution is 0.566. The number of nitrogens with one attached hydrogen (secondary N) is 1. The van der Waals surface area contributed by atoms with Gasteiger partial charge in [-0.3, -0.25) is 4.98 Å². The number of H-pyrrole nitrogens is 1. The minimum atomic E-state index is 0.244. The summed E-state index contributed by atoms with van der Waals surface area (Å²) in [6, 6.07) is 11.0. The zero-order valence-corrected chi connectivity index (χ0v) is 18.9. The third-order valence-corrected chi connectivity index (χ3v) is 6.58. The second-order valence-electron chi connectivity index (χ2n) is 8.63. The lowest BCUT2D eigenvalue weighted by Gasteiger charge is -2.18. The molecule has 1 atom stereocenters. The fourth-order valence-electron chi connectivity index (χ4n) is 5.12. The average molecular weight is 437 g/mol. The van der Waals surface area contributed by atoms with Crippen LogP contribution in [0.4, 0.5) is 0 Å². The van der Waals surface area contributed by atoms with E-state index >= 15 is 0 Å². The van der Waals surface area contributed by atoms with Gasteiger partial charge in [-0.25, -0.2) is 9.97 Å². The van der Waals surface area contributed by atoms with Gasteiger partial charge >= 0.3 is 0 Å². The molecule has 0 aliphatic heterocycles. The standard InChI is InChI=1S/C25H24N8/c1-4-22-28-23-14(2)11-15(3)27-25(23)33(22)21-8-6-16-12-17(5-7-18(16)21)20-13-26-10-9-19(20)24-29-31-32-30-24/h5,7,9-13,21H,4,6,8H2,1-3H3,(H,29,30,31,32). The van der Waals surface area contributed by atoms with Gasteiger partial charge in [0.1, 0.15) is 11.3 Å². The van der Waals surface area contributed by atoms with Crippen molar-refractivity contribution in [2.75, 3.05) is 0 Å². The number of aromatic amines is 1. The first-order chi connectivity index (χ1) is 16.1. The van der Waals surface area contributed by atoms with Crippen LogP contribution in [0.15, 0.2) is 42.7 Å². The van der Waals surface area contributed by atoms with Crippen molar-refractivity contribution < 1.29 is 0 Å². The van der Waals surface area contributed by atoms with Crippen molar-refractivity contribution in [3.63, 3.8) is 0 Å². The number of rotatable bonds is 4. The van der Waals surface area contributed by atoms with E-state index in [0.29, 0.717) is 5.82 Å². The molecular formula is C25H24N8. The Hall–Kier alpha value is -3.94. The molecule has 4 aromatic heterocycles. The van der Waals surface area contributed by atoms with Crippen molar-refractivity contribution in [2.45, 2.75) is 46.1 Å². The molecule has 0 spiro atoms. The molecule has 8 heteroatoms. The molecule has 1 N–H and O–H groups in total. The predicted octanol–water partition coefficient (Wildman–Crippen LogP) is 4.39. The van der Waals surface area contributed by atoms with E-state index in [-0.39, 0.29) is 6.04 Å². The van der Waals surface area contributed by atoms with E-state index in [2.05, 4.69) is 75.2 Å². The SMILES string of the molecule is CCc1nc2c(C)cc(C)nc2n1C1CCc2cc(-c3cnccc3-c3nn[nH]n3)ccc21. The minimum absolute atomic E-state index is 0.244. The van der Waals surface area contributed by atoms with Gasteiger partial charge in [-0.05, 0) is 66.3 Å². The van der Waals surface area contributed by atoms with E-state index in [9.17, 15) is 0 Å². The third kappa shape index (κ3) is 3.13. The van der Waals surface area contributed by atoms with Crippen LogP contribution < -0.4 is 0 Å². The topological polar surface area (TPSA) is 98.1 Å². The smallest absolute Gasteiger partial charge is 0.205 e. The molecule has 0 saturated heterocycles. The van der Waals surface area contributed by atoms with Crippen molar-refractivity contribution in [1.29, 1.82) is 0 Å². The van der Waals surface area contributed by atoms with E-state index in [4.69, 9.17) is 9.97 Å². The summed E-state index contributed by atoms with van der Waals surface area (Å²) in [5.41, 5.74) is 9.96. The highest BCUT2D eigenvalue weighted by molar-refractivity contribution is 5.80. The fraction of sp³-hybridized carbons (Fsp3) is 0.280. The van der Waals surface area contributed by atoms with Crippen molar-refractivity contribution in [3.8, 4) is 22.5 Å². The van der Waals surface area contributed by atoms with Gasteiger partial charge in [0.05, 0.1) is 6.04 Å². The van der Waals surface area contributed by atoms with Crippen LogP contribution in [-0.2, 0) is 12.8 Å². The lowest BCUT2D eigenvalue weighted by atomic mass is 9.97. The van der Waals surface area contributed by atoms with E-state index < -0.39 is 0 Å². The molecule has 6 rings (SSSR count). The molecule has 0 radical (unpaired) electrons. The number of pyridine rings is 2. The summed E-state index contributed by atoms with van der Waals surface area (Å²) in [5.74, 6) is 1.67. The molecule has 5 aromatic rings. The second-order valence-corrected chi connectivity index (χ2v) is 8.63. The van der Waals surface area contributed by atoms with Crippen LogP contribution in [-0.4, -0.2) is 40.1 Å². The number of tetrazole rings is 1. The Morgan fingerprint density at radius 1 is 1.09 bits per heavy atom. The Morgan fingerprint density at radius 3 is 2.82 bits per heavy atom. The summed E-state index contributed by atoms with van der Waals surface area (Å²) >= 11 is 0. The molecule has 33 heavy (non-hydrogen) atoms. The Labute approximate surface area is 191 Å². The van der Waals surface area contributed by atoms with E-state index in [0.717, 1.165) is 58.6 Å². The number of fused-ring (bicyclic) bond motifs is 2. The molecule has 1 aromatic carbocycles. The Morgan fingerprint density at radius 2 is 2.00 bits per heavy atom. The first kappa shape index (κ1) is 19.7. The van der Waals surface area contributed by atoms with Crippen LogP contribution in [0.1, 0.15) is 47.6 Å². The molecule has 4 heterocycles. The highest BCUT2D eigenvalue weighted by Crippen LogP contribution is 2.40. The molecular weight excluding hydrogens is 412 g/mol. The number of benzene rings is 1. The van der Waals surface area contributed by atoms with E-state index in [1.54, 1.807) is 6.20 Å². The first-order valence-electron chi connectivity index (χ1n) is 11.3. The monoisotopic (exact) mass is 436 g/mol. The van der Waals surface area contributed by atoms with Gasteiger partial charge in [0.15, 0.2) is 5.65 Å². The van der Waals surface area contributed by atoms with Crippen LogP contribution in [0.25, 0.3) is 33.7 Å². The maximum atomic E-state index is 4.96. The molecule has 0 amide bonds. The van der Waals surface area contributed by atoms with Gasteiger partial charge in [-0.2, -0.15) is 5.21 Å². The lowest BCUT2D eigenvalue weighted by Crippen LogP contribution is -2.11. The summed E-state index contributed by atoms with van der Waals surface area (Å²) in [6.45, 7) is 6.35. The molecule has 164 valence electrons. The maximum absolute atomic E-state index is 4.96. The van der Waals surface area contributed by atoms with Gasteiger partial charge in [0.2, 0.25) is 5.82 Å². The quantitative estimate of drug-likeness (QED) is 0.449. The summed E-state index contributed by atoms with van der Waals surface area (Å²) in [6.07, 6.45) is 6.55. The normalized spacial score (nSPS) is 15.3. The number of hydrogen-bond acceptors (Lipinski definition) is 6. The molecule has 1 aliphatic rings. The number of aromatic nitrogens is 8. The van der Waals surface area contributed by atoms with Crippen LogP contribution in [0.5, 0.6) is 0 Å². The largest absolute Gasteiger partial charge is 0.305 e. The molecule has 1 unspecified atom stereocenters. The number of aryl methyl sites for hydroxylation is 4. The Kier molecular flexibility index (Phi) is 4.53. The van der Waals surface area contributed by atoms with Crippen LogP contribution >= 0.6 is 0 Å². The van der Waals surface area contributed by atoms with Gasteiger partial charge < -0.3 is 4.57 Å². The highest BCUT2D eigenvalue weighted by atomic mass is 15.5. The number of nitrogens with zero attached hydrogens (tertiary/aromatic N) is 7.